The van der Waals surface area contributed by atoms with Crippen LogP contribution in [0, 0.1) is 5.82 Å². The van der Waals surface area contributed by atoms with Crippen LogP contribution in [0.25, 0.3) is 0 Å². The van der Waals surface area contributed by atoms with Crippen LogP contribution in [-0.2, 0) is 0 Å². The van der Waals surface area contributed by atoms with Gasteiger partial charge in [-0.05, 0) is 18.2 Å². The largest absolute Gasteiger partial charge is 0.306 e. The van der Waals surface area contributed by atoms with Gasteiger partial charge in [0.25, 0.3) is 0 Å². The van der Waals surface area contributed by atoms with Gasteiger partial charge in [0, 0.05) is 11.6 Å². The third-order valence-electron chi connectivity index (χ3n) is 1.81. The molecule has 1 aromatic rings. The Morgan fingerprint density at radius 1 is 1.60 bits per heavy atom. The third-order valence-corrected chi connectivity index (χ3v) is 2.04. The molecule has 0 radical (unpaired) electrons. The minimum Gasteiger partial charge on any atom is -0.306 e. The average Bonchev–Trinajstić information content (AvgIpc) is 2.17. The lowest BCUT2D eigenvalue weighted by atomic mass is 10.1. The highest BCUT2D eigenvalue weighted by molar-refractivity contribution is 6.30. The summed E-state index contributed by atoms with van der Waals surface area (Å²) in [6, 6.07) is 4.00. The Morgan fingerprint density at radius 3 is 2.93 bits per heavy atom. The number of benzene rings is 1. The van der Waals surface area contributed by atoms with Crippen LogP contribution in [0.2, 0.25) is 5.02 Å². The predicted molar refractivity (Wildman–Crippen MR) is 58.8 cm³/mol. The van der Waals surface area contributed by atoms with Crippen molar-refractivity contribution in [1.29, 1.82) is 0 Å². The summed E-state index contributed by atoms with van der Waals surface area (Å²) in [5.74, 6) is -0.890. The van der Waals surface area contributed by atoms with Crippen molar-refractivity contribution < 1.29 is 9.18 Å². The lowest BCUT2D eigenvalue weighted by Gasteiger charge is -2.03. The Kier molecular flexibility index (Phi) is 4.46. The summed E-state index contributed by atoms with van der Waals surface area (Å²) in [6.45, 7) is 4.10. The number of hydrogen-bond acceptors (Lipinski definition) is 2. The molecule has 0 saturated carbocycles. The number of carbonyl (C=O) groups excluding carboxylic acids is 1. The van der Waals surface area contributed by atoms with E-state index in [1.165, 1.54) is 12.1 Å². The van der Waals surface area contributed by atoms with Gasteiger partial charge in [0.15, 0.2) is 5.78 Å². The van der Waals surface area contributed by atoms with Gasteiger partial charge in [-0.25, -0.2) is 4.39 Å². The zero-order chi connectivity index (χ0) is 11.3. The highest BCUT2D eigenvalue weighted by atomic mass is 35.5. The van der Waals surface area contributed by atoms with Crippen molar-refractivity contribution in [2.45, 2.75) is 0 Å². The Morgan fingerprint density at radius 2 is 2.33 bits per heavy atom. The number of rotatable bonds is 5. The average molecular weight is 228 g/mol. The zero-order valence-electron chi connectivity index (χ0n) is 8.09. The Labute approximate surface area is 92.7 Å². The smallest absolute Gasteiger partial charge is 0.179 e. The summed E-state index contributed by atoms with van der Waals surface area (Å²) in [5.41, 5.74) is 0.0518. The van der Waals surface area contributed by atoms with Crippen molar-refractivity contribution in [3.8, 4) is 0 Å². The van der Waals surface area contributed by atoms with Crippen LogP contribution < -0.4 is 5.32 Å². The van der Waals surface area contributed by atoms with E-state index in [9.17, 15) is 9.18 Å². The van der Waals surface area contributed by atoms with E-state index in [1.54, 1.807) is 6.08 Å². The fourth-order valence-corrected chi connectivity index (χ4v) is 1.26. The maximum Gasteiger partial charge on any atom is 0.179 e. The maximum absolute atomic E-state index is 13.3. The number of ketones is 1. The van der Waals surface area contributed by atoms with Crippen molar-refractivity contribution in [3.63, 3.8) is 0 Å². The SMILES string of the molecule is C=CCNCC(=O)c1ccc(Cl)cc1F. The van der Waals surface area contributed by atoms with Gasteiger partial charge < -0.3 is 5.32 Å². The third kappa shape index (κ3) is 3.46. The van der Waals surface area contributed by atoms with Crippen LogP contribution in [-0.4, -0.2) is 18.9 Å². The standard InChI is InChI=1S/C11H11ClFNO/c1-2-5-14-7-11(15)9-4-3-8(12)6-10(9)13/h2-4,6,14H,1,5,7H2. The van der Waals surface area contributed by atoms with Gasteiger partial charge in [0.1, 0.15) is 5.82 Å². The molecule has 4 heteroatoms. The molecule has 0 atom stereocenters. The number of Topliss-reactive ketones (excluding diaryl/α,β-unsaturated/α-hetero) is 1. The molecule has 0 amide bonds. The molecule has 1 rings (SSSR count). The van der Waals surface area contributed by atoms with E-state index in [4.69, 9.17) is 11.6 Å². The Balaban J connectivity index is 2.69. The molecular weight excluding hydrogens is 217 g/mol. The minimum absolute atomic E-state index is 0.0518. The van der Waals surface area contributed by atoms with Crippen LogP contribution in [0.4, 0.5) is 4.39 Å². The fraction of sp³-hybridized carbons (Fsp3) is 0.182. The first-order valence-electron chi connectivity index (χ1n) is 4.45. The first kappa shape index (κ1) is 11.9. The monoisotopic (exact) mass is 227 g/mol. The molecule has 1 N–H and O–H groups in total. The van der Waals surface area contributed by atoms with E-state index in [1.807, 2.05) is 0 Å². The van der Waals surface area contributed by atoms with Crippen molar-refractivity contribution in [3.05, 3.63) is 47.3 Å². The van der Waals surface area contributed by atoms with E-state index < -0.39 is 5.82 Å². The minimum atomic E-state index is -0.590. The number of carbonyl (C=O) groups is 1. The predicted octanol–water partition coefficient (Wildman–Crippen LogP) is 2.44. The molecule has 0 unspecified atom stereocenters. The quantitative estimate of drug-likeness (QED) is 0.476. The van der Waals surface area contributed by atoms with Crippen LogP contribution >= 0.6 is 11.6 Å². The summed E-state index contributed by atoms with van der Waals surface area (Å²) >= 11 is 5.57. The second-order valence-electron chi connectivity index (χ2n) is 2.97. The molecule has 0 aliphatic carbocycles. The summed E-state index contributed by atoms with van der Waals surface area (Å²) in [6.07, 6.45) is 1.63. The summed E-state index contributed by atoms with van der Waals surface area (Å²) < 4.78 is 13.3. The number of hydrogen-bond donors (Lipinski definition) is 1. The van der Waals surface area contributed by atoms with Gasteiger partial charge in [-0.1, -0.05) is 17.7 Å². The van der Waals surface area contributed by atoms with Gasteiger partial charge in [-0.3, -0.25) is 4.79 Å². The summed E-state index contributed by atoms with van der Waals surface area (Å²) in [4.78, 5) is 11.5. The molecule has 0 saturated heterocycles. The van der Waals surface area contributed by atoms with Crippen molar-refractivity contribution in [2.75, 3.05) is 13.1 Å². The zero-order valence-corrected chi connectivity index (χ0v) is 8.85. The van der Waals surface area contributed by atoms with E-state index in [2.05, 4.69) is 11.9 Å². The number of halogens is 2. The molecule has 0 spiro atoms. The first-order chi connectivity index (χ1) is 7.15. The Hall–Kier alpha value is -1.19. The molecule has 0 aliphatic heterocycles. The fourth-order valence-electron chi connectivity index (χ4n) is 1.10. The van der Waals surface area contributed by atoms with E-state index in [0.29, 0.717) is 6.54 Å². The lowest BCUT2D eigenvalue weighted by Crippen LogP contribution is -2.23. The van der Waals surface area contributed by atoms with E-state index >= 15 is 0 Å². The van der Waals surface area contributed by atoms with Gasteiger partial charge in [-0.2, -0.15) is 0 Å². The first-order valence-corrected chi connectivity index (χ1v) is 4.83. The van der Waals surface area contributed by atoms with E-state index in [0.717, 1.165) is 6.07 Å². The Bertz CT molecular complexity index is 379. The van der Waals surface area contributed by atoms with E-state index in [-0.39, 0.29) is 22.9 Å². The van der Waals surface area contributed by atoms with Crippen molar-refractivity contribution in [2.24, 2.45) is 0 Å². The topological polar surface area (TPSA) is 29.1 Å². The van der Waals surface area contributed by atoms with Gasteiger partial charge in [-0.15, -0.1) is 6.58 Å². The molecule has 0 bridgehead atoms. The second-order valence-corrected chi connectivity index (χ2v) is 3.40. The lowest BCUT2D eigenvalue weighted by molar-refractivity contribution is 0.0988. The maximum atomic E-state index is 13.3. The molecule has 80 valence electrons. The molecule has 0 heterocycles. The normalized spacial score (nSPS) is 10.0. The molecule has 0 aromatic heterocycles. The highest BCUT2D eigenvalue weighted by Gasteiger charge is 2.10. The highest BCUT2D eigenvalue weighted by Crippen LogP contribution is 2.14. The van der Waals surface area contributed by atoms with Crippen molar-refractivity contribution >= 4 is 17.4 Å². The van der Waals surface area contributed by atoms with Crippen LogP contribution in [0.5, 0.6) is 0 Å². The molecule has 15 heavy (non-hydrogen) atoms. The summed E-state index contributed by atoms with van der Waals surface area (Å²) in [5, 5.41) is 3.09. The molecule has 0 fully saturated rings. The number of nitrogens with one attached hydrogen (secondary N) is 1. The second kappa shape index (κ2) is 5.63. The van der Waals surface area contributed by atoms with Crippen LogP contribution in [0.3, 0.4) is 0 Å². The van der Waals surface area contributed by atoms with Crippen LogP contribution in [0.15, 0.2) is 30.9 Å². The molecular formula is C11H11ClFNO. The van der Waals surface area contributed by atoms with Crippen LogP contribution in [0.1, 0.15) is 10.4 Å². The summed E-state index contributed by atoms with van der Waals surface area (Å²) in [7, 11) is 0. The molecule has 2 nitrogen and oxygen atoms in total. The van der Waals surface area contributed by atoms with Gasteiger partial charge in [0.05, 0.1) is 12.1 Å². The molecule has 1 aromatic carbocycles. The van der Waals surface area contributed by atoms with Crippen molar-refractivity contribution in [1.82, 2.24) is 5.32 Å². The molecule has 0 aliphatic rings. The van der Waals surface area contributed by atoms with Gasteiger partial charge in [0.2, 0.25) is 0 Å². The van der Waals surface area contributed by atoms with Gasteiger partial charge >= 0.3 is 0 Å².